The summed E-state index contributed by atoms with van der Waals surface area (Å²) in [6, 6.07) is 129. The number of aromatic nitrogens is 4. The molecular formula is C93H57N5. The molecule has 98 heavy (non-hydrogen) atoms. The van der Waals surface area contributed by atoms with Gasteiger partial charge in [0.05, 0.1) is 55.4 Å². The van der Waals surface area contributed by atoms with Crippen molar-refractivity contribution in [3.8, 4) is 84.5 Å². The Kier molecular flexibility index (Phi) is 12.3. The Labute approximate surface area is 564 Å². The van der Waals surface area contributed by atoms with Crippen LogP contribution in [-0.2, 0) is 0 Å². The van der Waals surface area contributed by atoms with E-state index in [1.807, 2.05) is 0 Å². The molecular weight excluding hydrogens is 1190 g/mol. The number of hydrogen-bond donors (Lipinski definition) is 0. The molecule has 454 valence electrons. The number of rotatable bonds is 9. The number of para-hydroxylation sites is 5. The van der Waals surface area contributed by atoms with Crippen LogP contribution in [0.4, 0.5) is 0 Å². The molecule has 0 bridgehead atoms. The summed E-state index contributed by atoms with van der Waals surface area (Å²) < 4.78 is 9.76. The van der Waals surface area contributed by atoms with E-state index in [-0.39, 0.29) is 0 Å². The van der Waals surface area contributed by atoms with Crippen LogP contribution >= 0.6 is 0 Å². The van der Waals surface area contributed by atoms with Gasteiger partial charge in [0, 0.05) is 87.6 Å². The summed E-state index contributed by atoms with van der Waals surface area (Å²) in [5.41, 5.74) is 23.1. The highest BCUT2D eigenvalue weighted by Crippen LogP contribution is 2.54. The van der Waals surface area contributed by atoms with Crippen molar-refractivity contribution in [2.24, 2.45) is 0 Å². The minimum atomic E-state index is 0.554. The molecule has 0 amide bonds. The van der Waals surface area contributed by atoms with Gasteiger partial charge in [-0.25, -0.2) is 0 Å². The quantitative estimate of drug-likeness (QED) is 0.142. The highest BCUT2D eigenvalue weighted by Gasteiger charge is 2.32. The van der Waals surface area contributed by atoms with Crippen molar-refractivity contribution >= 4 is 109 Å². The third-order valence-corrected chi connectivity index (χ3v) is 20.5. The number of benzene rings is 16. The zero-order valence-electron chi connectivity index (χ0n) is 53.1. The maximum absolute atomic E-state index is 13.1. The maximum Gasteiger partial charge on any atom is 0.102 e. The summed E-state index contributed by atoms with van der Waals surface area (Å²) in [6.07, 6.45) is 0. The predicted molar refractivity (Wildman–Crippen MR) is 411 cm³/mol. The lowest BCUT2D eigenvalue weighted by molar-refractivity contribution is 1.14. The molecule has 20 rings (SSSR count). The Balaban J connectivity index is 0.945. The van der Waals surface area contributed by atoms with Gasteiger partial charge < -0.3 is 18.3 Å². The fraction of sp³-hybridized carbons (Fsp3) is 0. The standard InChI is InChI=1S/C93H57N5/c94-58-80-87(66-53-68(96-82-42-22-17-37-72(82)76-49-45-59-25-13-15-35-70(59)91(76)96)57-69(54-66)97-83-43-23-18-38-73(83)77-50-46-60-26-14-16-36-71(60)92(77)97)88(61-27-5-1-6-28-61)89(62-29-7-2-8-30-62)90(63-31-9-3-10-32-63)93(80)98-84-44-24-20-40-75(84)79-56-65(48-52-86(79)98)64-47-51-85-78(55-64)74-39-19-21-41-81(74)95(85)67-33-11-4-12-34-67/h1-57H. The van der Waals surface area contributed by atoms with E-state index < -0.39 is 0 Å². The van der Waals surface area contributed by atoms with Gasteiger partial charge in [0.1, 0.15) is 6.07 Å². The van der Waals surface area contributed by atoms with Crippen LogP contribution in [0.25, 0.3) is 187 Å². The number of fused-ring (bicyclic) bond motifs is 16. The lowest BCUT2D eigenvalue weighted by atomic mass is 9.79. The second-order valence-electron chi connectivity index (χ2n) is 25.7. The second kappa shape index (κ2) is 21.9. The van der Waals surface area contributed by atoms with Crippen LogP contribution in [0.15, 0.2) is 346 Å². The van der Waals surface area contributed by atoms with Gasteiger partial charge in [-0.2, -0.15) is 5.26 Å². The molecule has 0 aliphatic rings. The lowest BCUT2D eigenvalue weighted by Crippen LogP contribution is -2.08. The van der Waals surface area contributed by atoms with Crippen molar-refractivity contribution in [3.05, 3.63) is 351 Å². The first-order chi connectivity index (χ1) is 48.6. The van der Waals surface area contributed by atoms with E-state index in [1.54, 1.807) is 0 Å². The Hall–Kier alpha value is -13.3. The smallest absolute Gasteiger partial charge is 0.102 e. The molecule has 16 aromatic carbocycles. The molecule has 0 atom stereocenters. The molecule has 0 aliphatic carbocycles. The highest BCUT2D eigenvalue weighted by molar-refractivity contribution is 6.21. The zero-order valence-corrected chi connectivity index (χ0v) is 53.1. The SMILES string of the molecule is N#Cc1c(-c2cc(-n3c4ccccc4c4ccc5ccccc5c43)cc(-n3c4ccccc4c4ccc5ccccc5c43)c2)c(-c2ccccc2)c(-c2ccccc2)c(-c2ccccc2)c1-n1c2ccccc2c2cc(-c3ccc4c(c3)c3ccccc3n4-c3ccccc3)ccc21. The van der Waals surface area contributed by atoms with Crippen LogP contribution in [0.3, 0.4) is 0 Å². The minimum absolute atomic E-state index is 0.554. The molecule has 5 heteroatoms. The highest BCUT2D eigenvalue weighted by atomic mass is 15.0. The third-order valence-electron chi connectivity index (χ3n) is 20.5. The number of hydrogen-bond acceptors (Lipinski definition) is 1. The molecule has 0 aliphatic heterocycles. The Morgan fingerprint density at radius 1 is 0.204 bits per heavy atom. The van der Waals surface area contributed by atoms with Crippen molar-refractivity contribution in [1.82, 2.24) is 18.3 Å². The topological polar surface area (TPSA) is 43.5 Å². The molecule has 0 saturated carbocycles. The fourth-order valence-electron chi connectivity index (χ4n) is 16.4. The summed E-state index contributed by atoms with van der Waals surface area (Å²) in [4.78, 5) is 0. The molecule has 20 aromatic rings. The lowest BCUT2D eigenvalue weighted by Gasteiger charge is -2.27. The van der Waals surface area contributed by atoms with E-state index in [0.29, 0.717) is 5.56 Å². The van der Waals surface area contributed by atoms with Crippen molar-refractivity contribution < 1.29 is 0 Å². The summed E-state index contributed by atoms with van der Waals surface area (Å²) in [6.45, 7) is 0. The number of nitrogens with zero attached hydrogens (tertiary/aromatic N) is 5. The Morgan fingerprint density at radius 3 is 1.03 bits per heavy atom. The maximum atomic E-state index is 13.1. The average molecular weight is 1240 g/mol. The van der Waals surface area contributed by atoms with Gasteiger partial charge in [-0.3, -0.25) is 0 Å². The van der Waals surface area contributed by atoms with Crippen LogP contribution in [0.1, 0.15) is 5.56 Å². The zero-order chi connectivity index (χ0) is 64.5. The fourth-order valence-corrected chi connectivity index (χ4v) is 16.4. The van der Waals surface area contributed by atoms with Gasteiger partial charge >= 0.3 is 0 Å². The van der Waals surface area contributed by atoms with Crippen LogP contribution in [-0.4, -0.2) is 18.3 Å². The van der Waals surface area contributed by atoms with Crippen molar-refractivity contribution in [2.45, 2.75) is 0 Å². The largest absolute Gasteiger partial charge is 0.309 e. The van der Waals surface area contributed by atoms with E-state index in [4.69, 9.17) is 0 Å². The van der Waals surface area contributed by atoms with E-state index in [9.17, 15) is 5.26 Å². The minimum Gasteiger partial charge on any atom is -0.309 e. The molecule has 0 fully saturated rings. The van der Waals surface area contributed by atoms with Crippen LogP contribution in [0, 0.1) is 11.3 Å². The average Bonchev–Trinajstić information content (AvgIpc) is 1.02. The molecule has 0 saturated heterocycles. The molecule has 0 radical (unpaired) electrons. The van der Waals surface area contributed by atoms with Crippen LogP contribution in [0.2, 0.25) is 0 Å². The second-order valence-corrected chi connectivity index (χ2v) is 25.7. The molecule has 4 heterocycles. The van der Waals surface area contributed by atoms with E-state index in [2.05, 4.69) is 370 Å². The summed E-state index contributed by atoms with van der Waals surface area (Å²) in [5, 5.41) is 26.9. The first kappa shape index (κ1) is 55.2. The Morgan fingerprint density at radius 2 is 0.561 bits per heavy atom. The van der Waals surface area contributed by atoms with Gasteiger partial charge in [0.25, 0.3) is 0 Å². The van der Waals surface area contributed by atoms with Crippen molar-refractivity contribution in [2.75, 3.05) is 0 Å². The van der Waals surface area contributed by atoms with Gasteiger partial charge in [-0.1, -0.05) is 267 Å². The third kappa shape index (κ3) is 8.26. The normalized spacial score (nSPS) is 11.9. The summed E-state index contributed by atoms with van der Waals surface area (Å²) in [5.74, 6) is 0. The predicted octanol–water partition coefficient (Wildman–Crippen LogP) is 24.6. The van der Waals surface area contributed by atoms with Gasteiger partial charge in [-0.05, 0) is 129 Å². The Bertz CT molecular complexity index is 6550. The molecule has 0 spiro atoms. The first-order valence-corrected chi connectivity index (χ1v) is 33.5. The van der Waals surface area contributed by atoms with Gasteiger partial charge in [-0.15, -0.1) is 0 Å². The van der Waals surface area contributed by atoms with Crippen molar-refractivity contribution in [1.29, 1.82) is 5.26 Å². The molecule has 0 N–H and O–H groups in total. The molecule has 0 unspecified atom stereocenters. The van der Waals surface area contributed by atoms with E-state index in [0.717, 1.165) is 160 Å². The molecule has 5 nitrogen and oxygen atoms in total. The first-order valence-electron chi connectivity index (χ1n) is 33.5. The molecule has 4 aromatic heterocycles. The van der Waals surface area contributed by atoms with E-state index in [1.165, 1.54) is 27.1 Å². The summed E-state index contributed by atoms with van der Waals surface area (Å²) in [7, 11) is 0. The van der Waals surface area contributed by atoms with Crippen LogP contribution < -0.4 is 0 Å². The summed E-state index contributed by atoms with van der Waals surface area (Å²) >= 11 is 0. The van der Waals surface area contributed by atoms with E-state index >= 15 is 0 Å². The van der Waals surface area contributed by atoms with Crippen molar-refractivity contribution in [3.63, 3.8) is 0 Å². The monoisotopic (exact) mass is 1240 g/mol. The number of nitriles is 1. The van der Waals surface area contributed by atoms with Gasteiger partial charge in [0.2, 0.25) is 0 Å². The van der Waals surface area contributed by atoms with Gasteiger partial charge in [0.15, 0.2) is 0 Å². The van der Waals surface area contributed by atoms with Crippen LogP contribution in [0.5, 0.6) is 0 Å².